The molecule has 2 aliphatic heterocycles. The second-order valence-corrected chi connectivity index (χ2v) is 5.76. The van der Waals surface area contributed by atoms with E-state index in [1.807, 2.05) is 0 Å². The topological polar surface area (TPSA) is 71.2 Å². The van der Waals surface area contributed by atoms with Crippen LogP contribution in [-0.2, 0) is 9.53 Å². The number of aromatic amines is 1. The molecule has 0 saturated carbocycles. The van der Waals surface area contributed by atoms with Gasteiger partial charge in [0, 0.05) is 5.69 Å². The van der Waals surface area contributed by atoms with Crippen molar-refractivity contribution < 1.29 is 22.7 Å². The zero-order valence-electron chi connectivity index (χ0n) is 11.7. The first-order valence-corrected chi connectivity index (χ1v) is 7.00. The molecule has 4 atom stereocenters. The second kappa shape index (κ2) is 5.12. The number of nitrogens with one attached hydrogen (secondary N) is 2. The minimum absolute atomic E-state index is 0.0562. The van der Waals surface area contributed by atoms with E-state index >= 15 is 0 Å². The molecule has 4 unspecified atom stereocenters. The first-order chi connectivity index (χ1) is 10.3. The Morgan fingerprint density at radius 1 is 1.32 bits per heavy atom. The maximum absolute atomic E-state index is 13.2. The van der Waals surface area contributed by atoms with Crippen LogP contribution in [0.15, 0.2) is 16.9 Å². The van der Waals surface area contributed by atoms with E-state index in [-0.39, 0.29) is 5.69 Å². The van der Waals surface area contributed by atoms with Crippen LogP contribution in [0.5, 0.6) is 0 Å². The number of pyridine rings is 1. The van der Waals surface area contributed by atoms with Gasteiger partial charge in [0.2, 0.25) is 5.91 Å². The van der Waals surface area contributed by atoms with Crippen molar-refractivity contribution in [3.63, 3.8) is 0 Å². The Labute approximate surface area is 123 Å². The summed E-state index contributed by atoms with van der Waals surface area (Å²) in [6.07, 6.45) is -5.46. The summed E-state index contributed by atoms with van der Waals surface area (Å²) in [5, 5.41) is 2.30. The van der Waals surface area contributed by atoms with Crippen LogP contribution >= 0.6 is 0 Å². The van der Waals surface area contributed by atoms with Gasteiger partial charge in [-0.2, -0.15) is 13.2 Å². The summed E-state index contributed by atoms with van der Waals surface area (Å²) in [5.41, 5.74) is -0.000273. The fourth-order valence-corrected chi connectivity index (χ4v) is 3.31. The summed E-state index contributed by atoms with van der Waals surface area (Å²) in [6.45, 7) is 1.66. The van der Waals surface area contributed by atoms with Gasteiger partial charge in [0.1, 0.15) is 5.69 Å². The molecule has 0 aromatic carbocycles. The maximum atomic E-state index is 13.2. The number of ether oxygens (including phenoxy) is 1. The molecule has 5 nitrogen and oxygen atoms in total. The van der Waals surface area contributed by atoms with Gasteiger partial charge >= 0.3 is 6.18 Å². The Kier molecular flexibility index (Phi) is 3.51. The fourth-order valence-electron chi connectivity index (χ4n) is 3.31. The number of carbonyl (C=O) groups is 1. The predicted octanol–water partition coefficient (Wildman–Crippen LogP) is 1.98. The van der Waals surface area contributed by atoms with Gasteiger partial charge < -0.3 is 15.0 Å². The number of hydrogen-bond acceptors (Lipinski definition) is 3. The van der Waals surface area contributed by atoms with Gasteiger partial charge in [-0.3, -0.25) is 9.59 Å². The zero-order chi connectivity index (χ0) is 16.1. The number of H-pyrrole nitrogens is 1. The van der Waals surface area contributed by atoms with Gasteiger partial charge in [-0.25, -0.2) is 0 Å². The lowest BCUT2D eigenvalue weighted by molar-refractivity contribution is -0.196. The van der Waals surface area contributed by atoms with Crippen LogP contribution in [-0.4, -0.2) is 29.3 Å². The van der Waals surface area contributed by atoms with E-state index in [9.17, 15) is 22.8 Å². The number of carbonyl (C=O) groups excluding carboxylic acids is 1. The van der Waals surface area contributed by atoms with Gasteiger partial charge in [0.05, 0.1) is 24.0 Å². The SMILES string of the molecule is Cc1ccc(NC(=O)C2C3CCC(O3)C2C(F)(F)F)c(=O)[nH]1. The number of hydrogen-bond donors (Lipinski definition) is 2. The number of rotatable bonds is 2. The standard InChI is InChI=1S/C14H15F3N2O3/c1-6-2-3-7(12(20)18-6)19-13(21)10-8-4-5-9(22-8)11(10)14(15,16)17/h2-3,8-11H,4-5H2,1H3,(H,18,20)(H,19,21). The highest BCUT2D eigenvalue weighted by Crippen LogP contribution is 2.50. The van der Waals surface area contributed by atoms with Crippen molar-refractivity contribution in [2.45, 2.75) is 38.1 Å². The molecule has 8 heteroatoms. The summed E-state index contributed by atoms with van der Waals surface area (Å²) in [7, 11) is 0. The molecule has 2 aliphatic rings. The number of amides is 1. The quantitative estimate of drug-likeness (QED) is 0.876. The van der Waals surface area contributed by atoms with Gasteiger partial charge in [0.25, 0.3) is 5.56 Å². The number of halogens is 3. The highest BCUT2D eigenvalue weighted by Gasteiger charge is 2.62. The van der Waals surface area contributed by atoms with Crippen LogP contribution in [0.1, 0.15) is 18.5 Å². The molecule has 0 radical (unpaired) electrons. The van der Waals surface area contributed by atoms with E-state index in [0.29, 0.717) is 18.5 Å². The van der Waals surface area contributed by atoms with Crippen LogP contribution in [0, 0.1) is 18.8 Å². The number of aryl methyl sites for hydroxylation is 1. The third kappa shape index (κ3) is 2.51. The molecule has 2 saturated heterocycles. The van der Waals surface area contributed by atoms with Gasteiger partial charge in [-0.05, 0) is 31.9 Å². The van der Waals surface area contributed by atoms with E-state index in [1.54, 1.807) is 13.0 Å². The lowest BCUT2D eigenvalue weighted by Crippen LogP contribution is -2.44. The molecule has 2 N–H and O–H groups in total. The first-order valence-electron chi connectivity index (χ1n) is 7.00. The lowest BCUT2D eigenvalue weighted by Gasteiger charge is -2.28. The summed E-state index contributed by atoms with van der Waals surface area (Å²) >= 11 is 0. The molecule has 2 bridgehead atoms. The molecule has 1 amide bonds. The molecular formula is C14H15F3N2O3. The van der Waals surface area contributed by atoms with Crippen LogP contribution in [0.4, 0.5) is 18.9 Å². The fraction of sp³-hybridized carbons (Fsp3) is 0.571. The first kappa shape index (κ1) is 15.1. The highest BCUT2D eigenvalue weighted by molar-refractivity contribution is 5.93. The van der Waals surface area contributed by atoms with Gasteiger partial charge in [-0.15, -0.1) is 0 Å². The summed E-state index contributed by atoms with van der Waals surface area (Å²) < 4.78 is 44.8. The van der Waals surface area contributed by atoms with Crippen molar-refractivity contribution in [1.29, 1.82) is 0 Å². The zero-order valence-corrected chi connectivity index (χ0v) is 11.7. The van der Waals surface area contributed by atoms with Crippen molar-refractivity contribution in [3.8, 4) is 0 Å². The third-order valence-electron chi connectivity index (χ3n) is 4.27. The molecule has 0 spiro atoms. The van der Waals surface area contributed by atoms with Crippen LogP contribution < -0.4 is 10.9 Å². The Morgan fingerprint density at radius 3 is 2.64 bits per heavy atom. The maximum Gasteiger partial charge on any atom is 0.395 e. The summed E-state index contributed by atoms with van der Waals surface area (Å²) in [5.74, 6) is -3.93. The number of aromatic nitrogens is 1. The molecule has 22 heavy (non-hydrogen) atoms. The Balaban J connectivity index is 1.83. The predicted molar refractivity (Wildman–Crippen MR) is 71.4 cm³/mol. The monoisotopic (exact) mass is 316 g/mol. The summed E-state index contributed by atoms with van der Waals surface area (Å²) in [6, 6.07) is 2.94. The van der Waals surface area contributed by atoms with E-state index in [0.717, 1.165) is 0 Å². The largest absolute Gasteiger partial charge is 0.395 e. The second-order valence-electron chi connectivity index (χ2n) is 5.76. The lowest BCUT2D eigenvalue weighted by atomic mass is 9.78. The average molecular weight is 316 g/mol. The minimum atomic E-state index is -4.50. The summed E-state index contributed by atoms with van der Waals surface area (Å²) in [4.78, 5) is 26.4. The average Bonchev–Trinajstić information content (AvgIpc) is 3.01. The normalized spacial score (nSPS) is 30.5. The number of anilines is 1. The molecule has 120 valence electrons. The highest BCUT2D eigenvalue weighted by atomic mass is 19.4. The molecule has 1 aromatic heterocycles. The van der Waals surface area contributed by atoms with Crippen LogP contribution in [0.2, 0.25) is 0 Å². The van der Waals surface area contributed by atoms with Crippen molar-refractivity contribution >= 4 is 11.6 Å². The van der Waals surface area contributed by atoms with E-state index < -0.39 is 41.7 Å². The van der Waals surface area contributed by atoms with Crippen LogP contribution in [0.3, 0.4) is 0 Å². The Morgan fingerprint density at radius 2 is 2.00 bits per heavy atom. The molecule has 3 heterocycles. The third-order valence-corrected chi connectivity index (χ3v) is 4.27. The van der Waals surface area contributed by atoms with Crippen molar-refractivity contribution in [2.75, 3.05) is 5.32 Å². The van der Waals surface area contributed by atoms with Crippen molar-refractivity contribution in [1.82, 2.24) is 4.98 Å². The van der Waals surface area contributed by atoms with Gasteiger partial charge in [0.15, 0.2) is 0 Å². The van der Waals surface area contributed by atoms with Crippen molar-refractivity contribution in [2.24, 2.45) is 11.8 Å². The van der Waals surface area contributed by atoms with E-state index in [2.05, 4.69) is 10.3 Å². The van der Waals surface area contributed by atoms with E-state index in [4.69, 9.17) is 4.74 Å². The number of fused-ring (bicyclic) bond motifs is 2. The molecular weight excluding hydrogens is 301 g/mol. The van der Waals surface area contributed by atoms with Crippen molar-refractivity contribution in [3.05, 3.63) is 28.2 Å². The smallest absolute Gasteiger partial charge is 0.373 e. The molecule has 2 fully saturated rings. The van der Waals surface area contributed by atoms with Crippen LogP contribution in [0.25, 0.3) is 0 Å². The Hall–Kier alpha value is -1.83. The van der Waals surface area contributed by atoms with E-state index in [1.165, 1.54) is 6.07 Å². The molecule has 0 aliphatic carbocycles. The molecule has 3 rings (SSSR count). The Bertz CT molecular complexity index is 655. The minimum Gasteiger partial charge on any atom is -0.373 e. The molecule has 1 aromatic rings. The number of alkyl halides is 3. The van der Waals surface area contributed by atoms with Gasteiger partial charge in [-0.1, -0.05) is 0 Å².